The lowest BCUT2D eigenvalue weighted by Gasteiger charge is -2.10. The van der Waals surface area contributed by atoms with Gasteiger partial charge < -0.3 is 5.73 Å². The molecule has 3 aromatic rings. The lowest BCUT2D eigenvalue weighted by Crippen LogP contribution is -2.01. The smallest absolute Gasteiger partial charge is 0.311 e. The average Bonchev–Trinajstić information content (AvgIpc) is 2.48. The number of fused-ring (bicyclic) bond motifs is 2. The summed E-state index contributed by atoms with van der Waals surface area (Å²) in [5.41, 5.74) is 5.30. The van der Waals surface area contributed by atoms with Crippen LogP contribution in [0.15, 0.2) is 41.3 Å². The molecule has 0 bridgehead atoms. The molecule has 0 radical (unpaired) electrons. The van der Waals surface area contributed by atoms with E-state index in [4.69, 9.17) is 5.73 Å². The predicted octanol–water partition coefficient (Wildman–Crippen LogP) is 3.64. The Kier molecular flexibility index (Phi) is 2.92. The topological polar surface area (TPSA) is 92.9 Å². The van der Waals surface area contributed by atoms with Gasteiger partial charge in [-0.25, -0.2) is 0 Å². The zero-order valence-electron chi connectivity index (χ0n) is 10.7. The number of nitro groups is 1. The van der Waals surface area contributed by atoms with Crippen molar-refractivity contribution >= 4 is 45.5 Å². The van der Waals surface area contributed by atoms with E-state index < -0.39 is 4.92 Å². The molecule has 5 nitrogen and oxygen atoms in total. The summed E-state index contributed by atoms with van der Waals surface area (Å²) >= 11 is 4.30. The van der Waals surface area contributed by atoms with Crippen LogP contribution in [0.3, 0.4) is 0 Å². The Morgan fingerprint density at radius 3 is 2.29 bits per heavy atom. The molecule has 21 heavy (non-hydrogen) atoms. The molecule has 3 rings (SSSR count). The van der Waals surface area contributed by atoms with Crippen molar-refractivity contribution in [2.45, 2.75) is 4.90 Å². The number of hydrogen-bond acceptors (Lipinski definition) is 5. The minimum absolute atomic E-state index is 0.0314. The fourth-order valence-corrected chi connectivity index (χ4v) is 2.76. The van der Waals surface area contributed by atoms with Gasteiger partial charge in [-0.05, 0) is 28.3 Å². The molecule has 6 heteroatoms. The number of hydrogen-bond donors (Lipinski definition) is 2. The maximum absolute atomic E-state index is 11.2. The van der Waals surface area contributed by atoms with Gasteiger partial charge in [-0.2, -0.15) is 5.26 Å². The average molecular weight is 295 g/mol. The van der Waals surface area contributed by atoms with Crippen molar-refractivity contribution in [2.24, 2.45) is 0 Å². The van der Waals surface area contributed by atoms with E-state index in [2.05, 4.69) is 12.6 Å². The van der Waals surface area contributed by atoms with E-state index in [1.54, 1.807) is 6.07 Å². The van der Waals surface area contributed by atoms with Crippen LogP contribution in [0.1, 0.15) is 5.56 Å². The van der Waals surface area contributed by atoms with Crippen LogP contribution in [0, 0.1) is 21.4 Å². The zero-order chi connectivity index (χ0) is 15.1. The van der Waals surface area contributed by atoms with Crippen LogP contribution in [0.5, 0.6) is 0 Å². The minimum atomic E-state index is -0.637. The first kappa shape index (κ1) is 13.2. The van der Waals surface area contributed by atoms with Crippen molar-refractivity contribution in [1.29, 1.82) is 5.26 Å². The molecule has 0 aliphatic heterocycles. The van der Waals surface area contributed by atoms with Crippen molar-refractivity contribution in [3.8, 4) is 6.07 Å². The van der Waals surface area contributed by atoms with Gasteiger partial charge in [0.05, 0.1) is 4.92 Å². The van der Waals surface area contributed by atoms with E-state index >= 15 is 0 Å². The third-order valence-corrected chi connectivity index (χ3v) is 3.93. The summed E-state index contributed by atoms with van der Waals surface area (Å²) in [7, 11) is 0. The molecule has 0 aromatic heterocycles. The molecule has 0 atom stereocenters. The van der Waals surface area contributed by atoms with E-state index in [1.165, 1.54) is 0 Å². The van der Waals surface area contributed by atoms with Gasteiger partial charge in [0, 0.05) is 10.3 Å². The summed E-state index contributed by atoms with van der Waals surface area (Å²) in [5.74, 6) is 0. The summed E-state index contributed by atoms with van der Waals surface area (Å²) in [6.07, 6.45) is 0. The Labute approximate surface area is 125 Å². The third-order valence-electron chi connectivity index (χ3n) is 3.45. The highest BCUT2D eigenvalue weighted by molar-refractivity contribution is 7.80. The number of nitrogens with zero attached hydrogens (tertiary/aromatic N) is 2. The number of anilines is 1. The number of nitro benzene ring substituents is 1. The number of nitrogens with two attached hydrogens (primary N) is 1. The maximum Gasteiger partial charge on any atom is 0.311 e. The molecule has 0 heterocycles. The van der Waals surface area contributed by atoms with Crippen LogP contribution in [-0.4, -0.2) is 4.92 Å². The van der Waals surface area contributed by atoms with E-state index in [-0.39, 0.29) is 16.9 Å². The third kappa shape index (κ3) is 1.87. The molecule has 0 fully saturated rings. The highest BCUT2D eigenvalue weighted by atomic mass is 32.1. The van der Waals surface area contributed by atoms with Crippen molar-refractivity contribution in [2.75, 3.05) is 5.73 Å². The van der Waals surface area contributed by atoms with Gasteiger partial charge in [-0.15, -0.1) is 12.6 Å². The Bertz CT molecular complexity index is 961. The number of thiol groups is 1. The quantitative estimate of drug-likeness (QED) is 0.236. The van der Waals surface area contributed by atoms with Gasteiger partial charge in [0.2, 0.25) is 0 Å². The maximum atomic E-state index is 11.2. The Hall–Kier alpha value is -2.78. The summed E-state index contributed by atoms with van der Waals surface area (Å²) in [4.78, 5) is 10.9. The van der Waals surface area contributed by atoms with Gasteiger partial charge in [0.1, 0.15) is 17.3 Å². The van der Waals surface area contributed by atoms with Crippen LogP contribution in [0.4, 0.5) is 11.4 Å². The fourth-order valence-electron chi connectivity index (χ4n) is 2.47. The SMILES string of the molecule is N#Cc1c([N+](=O)[O-])c(N)c(S)c2cc3ccccc3cc12. The van der Waals surface area contributed by atoms with Crippen molar-refractivity contribution in [1.82, 2.24) is 0 Å². The molecule has 0 spiro atoms. The number of nitrogen functional groups attached to an aromatic ring is 1. The first-order valence-corrected chi connectivity index (χ1v) is 6.50. The van der Waals surface area contributed by atoms with Crippen LogP contribution >= 0.6 is 12.6 Å². The standard InChI is InChI=1S/C15H9N3O2S/c16-7-12-10-5-8-3-1-2-4-9(8)6-11(10)15(21)13(17)14(12)18(19)20/h1-6,21H,17H2. The molecule has 0 unspecified atom stereocenters. The second-order valence-corrected chi connectivity index (χ2v) is 5.05. The normalized spacial score (nSPS) is 10.7. The summed E-state index contributed by atoms with van der Waals surface area (Å²) in [6, 6.07) is 13.1. The van der Waals surface area contributed by atoms with Gasteiger partial charge in [-0.1, -0.05) is 24.3 Å². The monoisotopic (exact) mass is 295 g/mol. The summed E-state index contributed by atoms with van der Waals surface area (Å²) < 4.78 is 0. The van der Waals surface area contributed by atoms with E-state index in [0.29, 0.717) is 15.7 Å². The fraction of sp³-hybridized carbons (Fsp3) is 0. The largest absolute Gasteiger partial charge is 0.392 e. The first-order chi connectivity index (χ1) is 10.0. The van der Waals surface area contributed by atoms with Crippen molar-refractivity contribution < 1.29 is 4.92 Å². The van der Waals surface area contributed by atoms with Gasteiger partial charge in [-0.3, -0.25) is 10.1 Å². The lowest BCUT2D eigenvalue weighted by atomic mass is 9.98. The zero-order valence-corrected chi connectivity index (χ0v) is 11.6. The predicted molar refractivity (Wildman–Crippen MR) is 84.5 cm³/mol. The van der Waals surface area contributed by atoms with E-state index in [1.807, 2.05) is 36.4 Å². The Morgan fingerprint density at radius 2 is 1.76 bits per heavy atom. The summed E-state index contributed by atoms with van der Waals surface area (Å²) in [6.45, 7) is 0. The molecule has 2 N–H and O–H groups in total. The number of nitriles is 1. The first-order valence-electron chi connectivity index (χ1n) is 6.06. The lowest BCUT2D eigenvalue weighted by molar-refractivity contribution is -0.384. The molecule has 3 aromatic carbocycles. The number of rotatable bonds is 1. The molecule has 0 amide bonds. The van der Waals surface area contributed by atoms with Gasteiger partial charge >= 0.3 is 5.69 Å². The molecule has 0 saturated heterocycles. The van der Waals surface area contributed by atoms with E-state index in [9.17, 15) is 15.4 Å². The second-order valence-electron chi connectivity index (χ2n) is 4.60. The minimum Gasteiger partial charge on any atom is -0.392 e. The molecule has 102 valence electrons. The Balaban J connectivity index is 2.60. The summed E-state index contributed by atoms with van der Waals surface area (Å²) in [5, 5.41) is 23.5. The van der Waals surface area contributed by atoms with Crippen LogP contribution in [-0.2, 0) is 0 Å². The van der Waals surface area contributed by atoms with E-state index in [0.717, 1.165) is 10.8 Å². The molecule has 0 aliphatic rings. The van der Waals surface area contributed by atoms with Gasteiger partial charge in [0.15, 0.2) is 0 Å². The molecular formula is C15H9N3O2S. The van der Waals surface area contributed by atoms with Gasteiger partial charge in [0.25, 0.3) is 0 Å². The van der Waals surface area contributed by atoms with Crippen molar-refractivity contribution in [3.63, 3.8) is 0 Å². The Morgan fingerprint density at radius 1 is 1.19 bits per heavy atom. The van der Waals surface area contributed by atoms with Crippen LogP contribution < -0.4 is 5.73 Å². The van der Waals surface area contributed by atoms with Crippen LogP contribution in [0.2, 0.25) is 0 Å². The molecule has 0 aliphatic carbocycles. The molecular weight excluding hydrogens is 286 g/mol. The highest BCUT2D eigenvalue weighted by Crippen LogP contribution is 2.40. The highest BCUT2D eigenvalue weighted by Gasteiger charge is 2.25. The van der Waals surface area contributed by atoms with Crippen molar-refractivity contribution in [3.05, 3.63) is 52.1 Å². The second kappa shape index (κ2) is 4.65. The molecule has 0 saturated carbocycles. The van der Waals surface area contributed by atoms with Crippen LogP contribution in [0.25, 0.3) is 21.5 Å². The number of benzene rings is 3.